The lowest BCUT2D eigenvalue weighted by Gasteiger charge is -2.06. The number of amides is 1. The number of anilines is 1. The Balaban J connectivity index is 2.34. The molecule has 0 aromatic carbocycles. The number of carboxylic acids is 1. The summed E-state index contributed by atoms with van der Waals surface area (Å²) in [5.41, 5.74) is 0.675. The number of carbonyl (C=O) groups is 2. The van der Waals surface area contributed by atoms with Crippen LogP contribution in [0.3, 0.4) is 0 Å². The third-order valence-corrected chi connectivity index (χ3v) is 2.59. The Morgan fingerprint density at radius 2 is 2.16 bits per heavy atom. The first-order valence-corrected chi connectivity index (χ1v) is 5.49. The second-order valence-electron chi connectivity index (χ2n) is 3.93. The van der Waals surface area contributed by atoms with Crippen molar-refractivity contribution in [3.63, 3.8) is 0 Å². The van der Waals surface area contributed by atoms with Gasteiger partial charge in [0, 0.05) is 19.4 Å². The zero-order valence-electron chi connectivity index (χ0n) is 10.4. The quantitative estimate of drug-likeness (QED) is 0.860. The average Bonchev–Trinajstić information content (AvgIpc) is 2.65. The number of nitrogens with one attached hydrogen (secondary N) is 1. The molecule has 0 aliphatic carbocycles. The summed E-state index contributed by atoms with van der Waals surface area (Å²) in [5.74, 6) is -1.41. The Morgan fingerprint density at radius 1 is 1.42 bits per heavy atom. The fraction of sp³-hybridized carbons (Fsp3) is 0.167. The second-order valence-corrected chi connectivity index (χ2v) is 3.93. The molecule has 0 spiro atoms. The number of aryl methyl sites for hydroxylation is 2. The summed E-state index contributed by atoms with van der Waals surface area (Å²) in [6, 6.07) is 3.22. The van der Waals surface area contributed by atoms with Gasteiger partial charge in [-0.3, -0.25) is 14.5 Å². The molecule has 2 aromatic rings. The number of aromatic carboxylic acids is 1. The van der Waals surface area contributed by atoms with E-state index < -0.39 is 11.9 Å². The summed E-state index contributed by atoms with van der Waals surface area (Å²) in [6.45, 7) is 1.57. The van der Waals surface area contributed by atoms with E-state index in [4.69, 9.17) is 5.11 Å². The number of carboxylic acid groups (broad SMARTS) is 1. The Bertz CT molecular complexity index is 634. The molecular formula is C12H12N4O3. The molecule has 19 heavy (non-hydrogen) atoms. The van der Waals surface area contributed by atoms with E-state index in [0.29, 0.717) is 11.3 Å². The van der Waals surface area contributed by atoms with Crippen LogP contribution in [-0.2, 0) is 7.05 Å². The first-order valence-electron chi connectivity index (χ1n) is 5.49. The van der Waals surface area contributed by atoms with Crippen molar-refractivity contribution in [2.75, 3.05) is 5.32 Å². The molecule has 2 heterocycles. The number of pyridine rings is 1. The molecular weight excluding hydrogens is 248 g/mol. The van der Waals surface area contributed by atoms with Crippen LogP contribution < -0.4 is 5.32 Å². The maximum absolute atomic E-state index is 12.0. The van der Waals surface area contributed by atoms with Gasteiger partial charge in [0.1, 0.15) is 11.4 Å². The number of aromatic nitrogens is 3. The number of nitrogens with zero attached hydrogens (tertiary/aromatic N) is 3. The van der Waals surface area contributed by atoms with Crippen molar-refractivity contribution in [1.82, 2.24) is 14.8 Å². The predicted molar refractivity (Wildman–Crippen MR) is 67.1 cm³/mol. The Morgan fingerprint density at radius 3 is 2.74 bits per heavy atom. The average molecular weight is 260 g/mol. The molecule has 7 nitrogen and oxygen atoms in total. The molecule has 2 aromatic heterocycles. The van der Waals surface area contributed by atoms with E-state index in [1.165, 1.54) is 10.9 Å². The van der Waals surface area contributed by atoms with E-state index in [-0.39, 0.29) is 11.4 Å². The molecule has 0 fully saturated rings. The smallest absolute Gasteiger partial charge is 0.341 e. The number of rotatable bonds is 3. The first-order chi connectivity index (χ1) is 9.00. The fourth-order valence-electron chi connectivity index (χ4n) is 1.73. The third kappa shape index (κ3) is 2.44. The van der Waals surface area contributed by atoms with Crippen molar-refractivity contribution < 1.29 is 14.7 Å². The second kappa shape index (κ2) is 4.89. The highest BCUT2D eigenvalue weighted by Gasteiger charge is 2.21. The van der Waals surface area contributed by atoms with Crippen LogP contribution in [0.2, 0.25) is 0 Å². The van der Waals surface area contributed by atoms with E-state index in [9.17, 15) is 9.59 Å². The molecule has 0 saturated carbocycles. The molecule has 0 saturated heterocycles. The molecule has 0 bridgehead atoms. The van der Waals surface area contributed by atoms with Crippen LogP contribution in [0, 0.1) is 6.92 Å². The zero-order valence-corrected chi connectivity index (χ0v) is 10.4. The summed E-state index contributed by atoms with van der Waals surface area (Å²) >= 11 is 0. The summed E-state index contributed by atoms with van der Waals surface area (Å²) < 4.78 is 1.33. The Hall–Kier alpha value is -2.70. The zero-order chi connectivity index (χ0) is 14.0. The topological polar surface area (TPSA) is 97.1 Å². The number of carbonyl (C=O) groups excluding carboxylic acids is 1. The molecule has 2 N–H and O–H groups in total. The van der Waals surface area contributed by atoms with Crippen LogP contribution >= 0.6 is 0 Å². The van der Waals surface area contributed by atoms with E-state index in [2.05, 4.69) is 15.4 Å². The molecule has 1 amide bonds. The van der Waals surface area contributed by atoms with E-state index in [1.807, 2.05) is 0 Å². The summed E-state index contributed by atoms with van der Waals surface area (Å²) in [7, 11) is 1.57. The van der Waals surface area contributed by atoms with Gasteiger partial charge >= 0.3 is 5.97 Å². The summed E-state index contributed by atoms with van der Waals surface area (Å²) in [5, 5.41) is 15.6. The maximum atomic E-state index is 12.0. The highest BCUT2D eigenvalue weighted by Crippen LogP contribution is 2.19. The van der Waals surface area contributed by atoms with Crippen LogP contribution in [0.5, 0.6) is 0 Å². The molecule has 0 aliphatic heterocycles. The monoisotopic (exact) mass is 260 g/mol. The molecule has 2 rings (SSSR count). The van der Waals surface area contributed by atoms with Gasteiger partial charge in [-0.2, -0.15) is 5.10 Å². The molecule has 7 heteroatoms. The SMILES string of the molecule is Cc1nn(C)c(NC(=O)c2cccnc2)c1C(=O)O. The van der Waals surface area contributed by atoms with Crippen molar-refractivity contribution in [2.45, 2.75) is 6.92 Å². The van der Waals surface area contributed by atoms with Crippen LogP contribution in [0.25, 0.3) is 0 Å². The molecule has 0 aliphatic rings. The van der Waals surface area contributed by atoms with Crippen LogP contribution in [0.15, 0.2) is 24.5 Å². The van der Waals surface area contributed by atoms with Gasteiger partial charge in [-0.1, -0.05) is 0 Å². The van der Waals surface area contributed by atoms with Gasteiger partial charge in [0.15, 0.2) is 0 Å². The highest BCUT2D eigenvalue weighted by molar-refractivity contribution is 6.07. The minimum Gasteiger partial charge on any atom is -0.477 e. The number of hydrogen-bond donors (Lipinski definition) is 2. The van der Waals surface area contributed by atoms with Gasteiger partial charge in [0.2, 0.25) is 0 Å². The highest BCUT2D eigenvalue weighted by atomic mass is 16.4. The predicted octanol–water partition coefficient (Wildman–Crippen LogP) is 1.07. The minimum absolute atomic E-state index is 0.0141. The lowest BCUT2D eigenvalue weighted by Crippen LogP contribution is -2.17. The van der Waals surface area contributed by atoms with Gasteiger partial charge in [-0.05, 0) is 19.1 Å². The van der Waals surface area contributed by atoms with Crippen molar-refractivity contribution >= 4 is 17.7 Å². The summed E-state index contributed by atoms with van der Waals surface area (Å²) in [4.78, 5) is 27.0. The Labute approximate surface area is 108 Å². The van der Waals surface area contributed by atoms with Crippen molar-refractivity contribution in [3.05, 3.63) is 41.3 Å². The maximum Gasteiger partial charge on any atom is 0.341 e. The molecule has 98 valence electrons. The van der Waals surface area contributed by atoms with Crippen molar-refractivity contribution in [1.29, 1.82) is 0 Å². The molecule has 0 radical (unpaired) electrons. The lowest BCUT2D eigenvalue weighted by molar-refractivity contribution is 0.0697. The lowest BCUT2D eigenvalue weighted by atomic mass is 10.2. The van der Waals surface area contributed by atoms with Crippen LogP contribution in [0.1, 0.15) is 26.4 Å². The van der Waals surface area contributed by atoms with Crippen molar-refractivity contribution in [3.8, 4) is 0 Å². The first kappa shape index (κ1) is 12.7. The van der Waals surface area contributed by atoms with Gasteiger partial charge in [0.25, 0.3) is 5.91 Å². The minimum atomic E-state index is -1.13. The van der Waals surface area contributed by atoms with Crippen molar-refractivity contribution in [2.24, 2.45) is 7.05 Å². The van der Waals surface area contributed by atoms with E-state index in [0.717, 1.165) is 0 Å². The van der Waals surface area contributed by atoms with Gasteiger partial charge in [-0.25, -0.2) is 4.79 Å². The van der Waals surface area contributed by atoms with E-state index in [1.54, 1.807) is 32.3 Å². The normalized spacial score (nSPS) is 10.2. The molecule has 0 atom stereocenters. The Kier molecular flexibility index (Phi) is 3.28. The standard InChI is InChI=1S/C12H12N4O3/c1-7-9(12(18)19)10(16(2)15-7)14-11(17)8-4-3-5-13-6-8/h3-6H,1-2H3,(H,14,17)(H,18,19). The van der Waals surface area contributed by atoms with Gasteiger partial charge in [0.05, 0.1) is 11.3 Å². The van der Waals surface area contributed by atoms with Gasteiger partial charge < -0.3 is 10.4 Å². The van der Waals surface area contributed by atoms with Crippen LogP contribution in [-0.4, -0.2) is 31.7 Å². The largest absolute Gasteiger partial charge is 0.477 e. The van der Waals surface area contributed by atoms with Gasteiger partial charge in [-0.15, -0.1) is 0 Å². The summed E-state index contributed by atoms with van der Waals surface area (Å²) in [6.07, 6.45) is 2.95. The van der Waals surface area contributed by atoms with E-state index >= 15 is 0 Å². The van der Waals surface area contributed by atoms with Crippen LogP contribution in [0.4, 0.5) is 5.82 Å². The fourth-order valence-corrected chi connectivity index (χ4v) is 1.73. The number of hydrogen-bond acceptors (Lipinski definition) is 4. The third-order valence-electron chi connectivity index (χ3n) is 2.59. The molecule has 0 unspecified atom stereocenters.